The zero-order valence-corrected chi connectivity index (χ0v) is 10.5. The molecular weight excluding hydrogens is 238 g/mol. The number of ether oxygens (including phenoxy) is 2. The summed E-state index contributed by atoms with van der Waals surface area (Å²) in [5.74, 6) is 1.45. The minimum absolute atomic E-state index is 0.0754. The highest BCUT2D eigenvalue weighted by Gasteiger charge is 2.13. The molecule has 2 rings (SSSR count). The predicted octanol–water partition coefficient (Wildman–Crippen LogP) is 2.32. The Morgan fingerprint density at radius 1 is 1.29 bits per heavy atom. The van der Waals surface area contributed by atoms with Crippen LogP contribution in [0.1, 0.15) is 5.69 Å². The molecule has 0 aliphatic rings. The van der Waals surface area contributed by atoms with Crippen molar-refractivity contribution in [3.63, 3.8) is 0 Å². The molecule has 0 amide bonds. The number of rotatable bonds is 4. The zero-order valence-electron chi connectivity index (χ0n) is 9.64. The summed E-state index contributed by atoms with van der Waals surface area (Å²) >= 11 is 1.48. The first kappa shape index (κ1) is 11.9. The van der Waals surface area contributed by atoms with Gasteiger partial charge in [-0.25, -0.2) is 4.98 Å². The molecule has 0 aliphatic carbocycles. The van der Waals surface area contributed by atoms with Gasteiger partial charge in [-0.15, -0.1) is 11.3 Å². The molecule has 0 spiro atoms. The van der Waals surface area contributed by atoms with Crippen molar-refractivity contribution in [1.29, 1.82) is 0 Å². The standard InChI is InChI=1S/C12H13NO3S/c1-15-8-3-4-9(11(5-8)16-2)12-10(6-14)13-7-17-12/h3-5,7,14H,6H2,1-2H3. The lowest BCUT2D eigenvalue weighted by atomic mass is 10.1. The van der Waals surface area contributed by atoms with Crippen molar-refractivity contribution in [2.45, 2.75) is 6.61 Å². The van der Waals surface area contributed by atoms with Gasteiger partial charge in [-0.3, -0.25) is 0 Å². The maximum atomic E-state index is 9.21. The smallest absolute Gasteiger partial charge is 0.131 e. The van der Waals surface area contributed by atoms with E-state index in [2.05, 4.69) is 4.98 Å². The number of thiazole rings is 1. The summed E-state index contributed by atoms with van der Waals surface area (Å²) in [4.78, 5) is 5.03. The molecule has 0 fully saturated rings. The molecular formula is C12H13NO3S. The summed E-state index contributed by atoms with van der Waals surface area (Å²) in [6.45, 7) is -0.0754. The normalized spacial score (nSPS) is 10.3. The number of aromatic nitrogens is 1. The summed E-state index contributed by atoms with van der Waals surface area (Å²) in [5.41, 5.74) is 3.29. The van der Waals surface area contributed by atoms with E-state index in [1.807, 2.05) is 18.2 Å². The summed E-state index contributed by atoms with van der Waals surface area (Å²) in [6, 6.07) is 5.58. The highest BCUT2D eigenvalue weighted by molar-refractivity contribution is 7.13. The van der Waals surface area contributed by atoms with Crippen LogP contribution >= 0.6 is 11.3 Å². The Morgan fingerprint density at radius 2 is 2.12 bits per heavy atom. The summed E-state index contributed by atoms with van der Waals surface area (Å²) in [6.07, 6.45) is 0. The average molecular weight is 251 g/mol. The van der Waals surface area contributed by atoms with E-state index in [9.17, 15) is 5.11 Å². The number of benzene rings is 1. The van der Waals surface area contributed by atoms with Crippen LogP contribution in [-0.2, 0) is 6.61 Å². The average Bonchev–Trinajstić information content (AvgIpc) is 2.85. The van der Waals surface area contributed by atoms with Crippen molar-refractivity contribution in [2.75, 3.05) is 14.2 Å². The Labute approximate surface area is 103 Å². The second-order valence-electron chi connectivity index (χ2n) is 3.35. The van der Waals surface area contributed by atoms with Crippen LogP contribution in [0.2, 0.25) is 0 Å². The molecule has 17 heavy (non-hydrogen) atoms. The van der Waals surface area contributed by atoms with E-state index in [0.717, 1.165) is 16.2 Å². The lowest BCUT2D eigenvalue weighted by Gasteiger charge is -2.09. The molecule has 2 aromatic rings. The molecule has 0 saturated carbocycles. The highest BCUT2D eigenvalue weighted by Crippen LogP contribution is 2.37. The third kappa shape index (κ3) is 2.25. The molecule has 0 bridgehead atoms. The Hall–Kier alpha value is -1.59. The molecule has 1 N–H and O–H groups in total. The number of hydrogen-bond acceptors (Lipinski definition) is 5. The van der Waals surface area contributed by atoms with Gasteiger partial charge in [-0.1, -0.05) is 0 Å². The van der Waals surface area contributed by atoms with E-state index >= 15 is 0 Å². The Kier molecular flexibility index (Phi) is 3.61. The van der Waals surface area contributed by atoms with Crippen LogP contribution in [0.3, 0.4) is 0 Å². The Morgan fingerprint density at radius 3 is 2.76 bits per heavy atom. The third-order valence-electron chi connectivity index (χ3n) is 2.44. The maximum Gasteiger partial charge on any atom is 0.131 e. The molecule has 0 radical (unpaired) electrons. The Balaban J connectivity index is 2.51. The van der Waals surface area contributed by atoms with E-state index in [1.165, 1.54) is 11.3 Å². The third-order valence-corrected chi connectivity index (χ3v) is 3.35. The topological polar surface area (TPSA) is 51.6 Å². The number of nitrogens with zero attached hydrogens (tertiary/aromatic N) is 1. The number of methoxy groups -OCH3 is 2. The zero-order chi connectivity index (χ0) is 12.3. The fraction of sp³-hybridized carbons (Fsp3) is 0.250. The van der Waals surface area contributed by atoms with E-state index < -0.39 is 0 Å². The molecule has 5 heteroatoms. The molecule has 0 saturated heterocycles. The molecule has 0 aliphatic heterocycles. The van der Waals surface area contributed by atoms with Gasteiger partial charge in [0.15, 0.2) is 0 Å². The van der Waals surface area contributed by atoms with Crippen LogP contribution in [0.4, 0.5) is 0 Å². The predicted molar refractivity (Wildman–Crippen MR) is 66.6 cm³/mol. The number of hydrogen-bond donors (Lipinski definition) is 1. The van der Waals surface area contributed by atoms with Crippen molar-refractivity contribution >= 4 is 11.3 Å². The van der Waals surface area contributed by atoms with Crippen LogP contribution in [0.15, 0.2) is 23.7 Å². The van der Waals surface area contributed by atoms with Crippen molar-refractivity contribution < 1.29 is 14.6 Å². The van der Waals surface area contributed by atoms with Gasteiger partial charge in [0.1, 0.15) is 11.5 Å². The monoisotopic (exact) mass is 251 g/mol. The summed E-state index contributed by atoms with van der Waals surface area (Å²) in [7, 11) is 3.22. The number of aliphatic hydroxyl groups excluding tert-OH is 1. The number of aliphatic hydroxyl groups is 1. The van der Waals surface area contributed by atoms with Crippen LogP contribution in [0.25, 0.3) is 10.4 Å². The van der Waals surface area contributed by atoms with Gasteiger partial charge >= 0.3 is 0 Å². The summed E-state index contributed by atoms with van der Waals surface area (Å²) in [5, 5.41) is 9.21. The van der Waals surface area contributed by atoms with Gasteiger partial charge in [0, 0.05) is 11.6 Å². The maximum absolute atomic E-state index is 9.21. The van der Waals surface area contributed by atoms with Gasteiger partial charge in [-0.05, 0) is 12.1 Å². The van der Waals surface area contributed by atoms with Crippen molar-refractivity contribution in [3.05, 3.63) is 29.4 Å². The van der Waals surface area contributed by atoms with Gasteiger partial charge in [0.05, 0.1) is 36.9 Å². The lowest BCUT2D eigenvalue weighted by molar-refractivity contribution is 0.278. The van der Waals surface area contributed by atoms with Crippen molar-refractivity contribution in [2.24, 2.45) is 0 Å². The molecule has 0 atom stereocenters. The molecule has 90 valence electrons. The second-order valence-corrected chi connectivity index (χ2v) is 4.21. The highest BCUT2D eigenvalue weighted by atomic mass is 32.1. The van der Waals surface area contributed by atoms with E-state index in [4.69, 9.17) is 9.47 Å². The van der Waals surface area contributed by atoms with Gasteiger partial charge < -0.3 is 14.6 Å². The van der Waals surface area contributed by atoms with Crippen molar-refractivity contribution in [3.8, 4) is 21.9 Å². The fourth-order valence-electron chi connectivity index (χ4n) is 1.59. The van der Waals surface area contributed by atoms with E-state index in [-0.39, 0.29) is 6.61 Å². The van der Waals surface area contributed by atoms with Crippen LogP contribution in [-0.4, -0.2) is 24.3 Å². The molecule has 4 nitrogen and oxygen atoms in total. The lowest BCUT2D eigenvalue weighted by Crippen LogP contribution is -1.92. The first-order chi connectivity index (χ1) is 8.30. The van der Waals surface area contributed by atoms with Gasteiger partial charge in [0.25, 0.3) is 0 Å². The molecule has 1 heterocycles. The van der Waals surface area contributed by atoms with E-state index in [1.54, 1.807) is 19.7 Å². The quantitative estimate of drug-likeness (QED) is 0.906. The summed E-state index contributed by atoms with van der Waals surface area (Å²) < 4.78 is 10.5. The van der Waals surface area contributed by atoms with Crippen molar-refractivity contribution in [1.82, 2.24) is 4.98 Å². The van der Waals surface area contributed by atoms with E-state index in [0.29, 0.717) is 11.4 Å². The van der Waals surface area contributed by atoms with Crippen LogP contribution in [0.5, 0.6) is 11.5 Å². The van der Waals surface area contributed by atoms with Gasteiger partial charge in [0.2, 0.25) is 0 Å². The largest absolute Gasteiger partial charge is 0.497 e. The van der Waals surface area contributed by atoms with Crippen LogP contribution < -0.4 is 9.47 Å². The first-order valence-corrected chi connectivity index (χ1v) is 5.93. The van der Waals surface area contributed by atoms with Gasteiger partial charge in [-0.2, -0.15) is 0 Å². The minimum atomic E-state index is -0.0754. The Bertz CT molecular complexity index is 510. The SMILES string of the molecule is COc1ccc(-c2scnc2CO)c(OC)c1. The van der Waals surface area contributed by atoms with Crippen LogP contribution in [0, 0.1) is 0 Å². The molecule has 0 unspecified atom stereocenters. The fourth-order valence-corrected chi connectivity index (χ4v) is 2.42. The molecule has 1 aromatic carbocycles. The first-order valence-electron chi connectivity index (χ1n) is 5.05. The molecule has 1 aromatic heterocycles. The minimum Gasteiger partial charge on any atom is -0.497 e. The second kappa shape index (κ2) is 5.16.